The summed E-state index contributed by atoms with van der Waals surface area (Å²) < 4.78 is 0. The average Bonchev–Trinajstić information content (AvgIpc) is 3.21. The molecule has 0 aliphatic heterocycles. The van der Waals surface area contributed by atoms with Crippen LogP contribution in [0.25, 0.3) is 76.1 Å². The summed E-state index contributed by atoms with van der Waals surface area (Å²) in [7, 11) is 0. The highest BCUT2D eigenvalue weighted by atomic mass is 15.1. The van der Waals surface area contributed by atoms with E-state index >= 15 is 0 Å². The third-order valence-corrected chi connectivity index (χ3v) is 10.4. The predicted molar refractivity (Wildman–Crippen MR) is 220 cm³/mol. The van der Waals surface area contributed by atoms with Crippen molar-refractivity contribution in [2.45, 2.75) is 0 Å². The van der Waals surface area contributed by atoms with Crippen molar-refractivity contribution in [1.82, 2.24) is 0 Å². The molecule has 0 saturated heterocycles. The van der Waals surface area contributed by atoms with E-state index in [1.54, 1.807) is 0 Å². The Hall–Kier alpha value is -6.70. The van der Waals surface area contributed by atoms with Crippen molar-refractivity contribution >= 4 is 70.9 Å². The van der Waals surface area contributed by atoms with Gasteiger partial charge in [0.15, 0.2) is 0 Å². The molecule has 51 heavy (non-hydrogen) atoms. The van der Waals surface area contributed by atoms with Gasteiger partial charge in [-0.25, -0.2) is 0 Å². The first-order valence-corrected chi connectivity index (χ1v) is 17.6. The van der Waals surface area contributed by atoms with E-state index in [2.05, 4.69) is 205 Å². The quantitative estimate of drug-likeness (QED) is 0.168. The van der Waals surface area contributed by atoms with Crippen LogP contribution in [0.15, 0.2) is 200 Å². The topological polar surface area (TPSA) is 3.24 Å². The lowest BCUT2D eigenvalue weighted by Gasteiger charge is -2.31. The van der Waals surface area contributed by atoms with Crippen LogP contribution in [0.2, 0.25) is 0 Å². The lowest BCUT2D eigenvalue weighted by atomic mass is 9.89. The largest absolute Gasteiger partial charge is 0.309 e. The maximum absolute atomic E-state index is 2.48. The van der Waals surface area contributed by atoms with Gasteiger partial charge in [-0.2, -0.15) is 0 Å². The van der Waals surface area contributed by atoms with Crippen LogP contribution in [0.4, 0.5) is 17.1 Å². The van der Waals surface area contributed by atoms with Crippen molar-refractivity contribution in [3.05, 3.63) is 200 Å². The first-order chi connectivity index (χ1) is 25.3. The normalized spacial score (nSPS) is 11.5. The Bertz CT molecular complexity index is 2900. The van der Waals surface area contributed by atoms with Crippen LogP contribution in [0, 0.1) is 0 Å². The van der Waals surface area contributed by atoms with E-state index in [9.17, 15) is 0 Å². The molecule has 10 aromatic carbocycles. The highest BCUT2D eigenvalue weighted by Gasteiger charge is 2.24. The summed E-state index contributed by atoms with van der Waals surface area (Å²) in [6.07, 6.45) is 0. The van der Waals surface area contributed by atoms with Crippen molar-refractivity contribution in [2.75, 3.05) is 4.90 Å². The lowest BCUT2D eigenvalue weighted by molar-refractivity contribution is 1.31. The fraction of sp³-hybridized carbons (Fsp3) is 0. The van der Waals surface area contributed by atoms with Crippen LogP contribution in [0.3, 0.4) is 0 Å². The van der Waals surface area contributed by atoms with Crippen molar-refractivity contribution in [2.24, 2.45) is 0 Å². The van der Waals surface area contributed by atoms with Crippen molar-refractivity contribution in [3.8, 4) is 22.3 Å². The van der Waals surface area contributed by atoms with E-state index in [0.29, 0.717) is 0 Å². The summed E-state index contributed by atoms with van der Waals surface area (Å²) in [6.45, 7) is 0. The van der Waals surface area contributed by atoms with Crippen molar-refractivity contribution < 1.29 is 0 Å². The number of rotatable bonds is 5. The third kappa shape index (κ3) is 4.86. The zero-order chi connectivity index (χ0) is 33.7. The molecule has 0 aliphatic carbocycles. The van der Waals surface area contributed by atoms with Crippen molar-refractivity contribution in [3.63, 3.8) is 0 Å². The van der Waals surface area contributed by atoms with Gasteiger partial charge in [0, 0.05) is 22.3 Å². The van der Waals surface area contributed by atoms with E-state index in [1.807, 2.05) is 0 Å². The highest BCUT2D eigenvalue weighted by molar-refractivity contribution is 6.22. The molecule has 0 radical (unpaired) electrons. The molecule has 0 unspecified atom stereocenters. The second-order valence-electron chi connectivity index (χ2n) is 13.3. The molecule has 0 amide bonds. The van der Waals surface area contributed by atoms with E-state index < -0.39 is 0 Å². The number of anilines is 3. The molecule has 0 bridgehead atoms. The number of fused-ring (bicyclic) bond motifs is 7. The second-order valence-corrected chi connectivity index (χ2v) is 13.3. The van der Waals surface area contributed by atoms with Crippen LogP contribution in [-0.2, 0) is 0 Å². The van der Waals surface area contributed by atoms with E-state index in [4.69, 9.17) is 0 Å². The first kappa shape index (κ1) is 29.2. The van der Waals surface area contributed by atoms with Crippen LogP contribution in [0.5, 0.6) is 0 Å². The Morgan fingerprint density at radius 3 is 1.51 bits per heavy atom. The summed E-state index contributed by atoms with van der Waals surface area (Å²) >= 11 is 0. The SMILES string of the molecule is c1ccc(-c2c(N(c3ccc(-c4cc5ccccc5c5ccccc45)cc3)c3ccc4ccccc4c3)c3ccccc3c3ccccc23)cc1. The van der Waals surface area contributed by atoms with Crippen LogP contribution >= 0.6 is 0 Å². The number of hydrogen-bond donors (Lipinski definition) is 0. The fourth-order valence-electron chi connectivity index (χ4n) is 8.06. The third-order valence-electron chi connectivity index (χ3n) is 10.4. The Morgan fingerprint density at radius 2 is 0.784 bits per heavy atom. The van der Waals surface area contributed by atoms with Gasteiger partial charge in [-0.05, 0) is 95.5 Å². The minimum atomic E-state index is 1.11. The zero-order valence-corrected chi connectivity index (χ0v) is 28.0. The molecule has 10 aromatic rings. The second kappa shape index (κ2) is 12.0. The van der Waals surface area contributed by atoms with Gasteiger partial charge in [-0.3, -0.25) is 0 Å². The first-order valence-electron chi connectivity index (χ1n) is 17.6. The minimum Gasteiger partial charge on any atom is -0.309 e. The van der Waals surface area contributed by atoms with Gasteiger partial charge in [-0.15, -0.1) is 0 Å². The van der Waals surface area contributed by atoms with E-state index in [0.717, 1.165) is 11.4 Å². The number of hydrogen-bond acceptors (Lipinski definition) is 1. The maximum atomic E-state index is 2.48. The molecule has 238 valence electrons. The summed E-state index contributed by atoms with van der Waals surface area (Å²) in [4.78, 5) is 2.48. The monoisotopic (exact) mass is 647 g/mol. The van der Waals surface area contributed by atoms with Gasteiger partial charge < -0.3 is 4.90 Å². The Morgan fingerprint density at radius 1 is 0.275 bits per heavy atom. The maximum Gasteiger partial charge on any atom is 0.0624 e. The Kier molecular flexibility index (Phi) is 6.89. The van der Waals surface area contributed by atoms with Gasteiger partial charge in [-0.1, -0.05) is 170 Å². The molecule has 1 nitrogen and oxygen atoms in total. The molecule has 1 heteroatoms. The van der Waals surface area contributed by atoms with E-state index in [-0.39, 0.29) is 0 Å². The molecule has 0 atom stereocenters. The number of nitrogens with zero attached hydrogens (tertiary/aromatic N) is 1. The summed E-state index contributed by atoms with van der Waals surface area (Å²) in [5.41, 5.74) is 8.27. The smallest absolute Gasteiger partial charge is 0.0624 e. The fourth-order valence-corrected chi connectivity index (χ4v) is 8.06. The summed E-state index contributed by atoms with van der Waals surface area (Å²) in [5.74, 6) is 0. The van der Waals surface area contributed by atoms with Gasteiger partial charge >= 0.3 is 0 Å². The Labute approximate surface area is 297 Å². The lowest BCUT2D eigenvalue weighted by Crippen LogP contribution is -2.12. The molecule has 0 aromatic heterocycles. The van der Waals surface area contributed by atoms with Crippen molar-refractivity contribution in [1.29, 1.82) is 0 Å². The highest BCUT2D eigenvalue weighted by Crippen LogP contribution is 2.50. The molecule has 0 N–H and O–H groups in total. The molecular formula is C50H33N. The predicted octanol–water partition coefficient (Wildman–Crippen LogP) is 14.3. The van der Waals surface area contributed by atoms with Crippen LogP contribution < -0.4 is 4.90 Å². The molecule has 0 fully saturated rings. The van der Waals surface area contributed by atoms with E-state index in [1.165, 1.54) is 81.8 Å². The van der Waals surface area contributed by atoms with Crippen LogP contribution in [-0.4, -0.2) is 0 Å². The van der Waals surface area contributed by atoms with Gasteiger partial charge in [0.25, 0.3) is 0 Å². The van der Waals surface area contributed by atoms with Gasteiger partial charge in [0.1, 0.15) is 0 Å². The zero-order valence-electron chi connectivity index (χ0n) is 28.0. The summed E-state index contributed by atoms with van der Waals surface area (Å²) in [5, 5.41) is 12.5. The summed E-state index contributed by atoms with van der Waals surface area (Å²) in [6, 6.07) is 73.1. The molecular weight excluding hydrogens is 615 g/mol. The molecule has 0 aliphatic rings. The molecule has 10 rings (SSSR count). The molecule has 0 spiro atoms. The average molecular weight is 648 g/mol. The van der Waals surface area contributed by atoms with Crippen LogP contribution in [0.1, 0.15) is 0 Å². The Balaban J connectivity index is 1.26. The van der Waals surface area contributed by atoms with Gasteiger partial charge in [0.05, 0.1) is 5.69 Å². The molecule has 0 saturated carbocycles. The minimum absolute atomic E-state index is 1.11. The standard InChI is InChI=1S/C50H33N/c1-2-15-36(16-3-1)49-46-24-12-10-21-43(46)44-22-11-13-25-47(44)50(49)51(40-31-26-34-14-4-5-17-37(34)32-40)39-29-27-35(28-30-39)48-33-38-18-6-7-19-41(38)42-20-8-9-23-45(42)48/h1-33H. The van der Waals surface area contributed by atoms with Gasteiger partial charge in [0.2, 0.25) is 0 Å². The number of benzene rings is 10. The molecule has 0 heterocycles.